The summed E-state index contributed by atoms with van der Waals surface area (Å²) in [6, 6.07) is 6.36. The maximum absolute atomic E-state index is 15.1. The van der Waals surface area contributed by atoms with E-state index in [2.05, 4.69) is 0 Å². The number of anilines is 1. The second-order valence-corrected chi connectivity index (χ2v) is 11.2. The number of hydrogen-bond acceptors (Lipinski definition) is 5. The lowest BCUT2D eigenvalue weighted by atomic mass is 9.86. The van der Waals surface area contributed by atoms with Gasteiger partial charge in [-0.1, -0.05) is 26.8 Å². The quantitative estimate of drug-likeness (QED) is 0.249. The fourth-order valence-corrected chi connectivity index (χ4v) is 5.30. The van der Waals surface area contributed by atoms with Gasteiger partial charge in [0.15, 0.2) is 17.5 Å². The van der Waals surface area contributed by atoms with Crippen molar-refractivity contribution in [2.45, 2.75) is 33.2 Å². The lowest BCUT2D eigenvalue weighted by Crippen LogP contribution is -2.37. The average molecular weight is 610 g/mol. The van der Waals surface area contributed by atoms with Crippen LogP contribution >= 0.6 is 22.6 Å². The Morgan fingerprint density at radius 3 is 2.47 bits per heavy atom. The lowest BCUT2D eigenvalue weighted by Gasteiger charge is -2.32. The van der Waals surface area contributed by atoms with Gasteiger partial charge in [-0.3, -0.25) is 9.59 Å². The highest BCUT2D eigenvalue weighted by molar-refractivity contribution is 14.1. The number of aliphatic hydroxyl groups is 1. The van der Waals surface area contributed by atoms with Crippen LogP contribution in [-0.2, 0) is 11.2 Å². The van der Waals surface area contributed by atoms with Gasteiger partial charge in [-0.25, -0.2) is 8.78 Å². The van der Waals surface area contributed by atoms with E-state index in [1.165, 1.54) is 12.3 Å². The molecule has 0 radical (unpaired) electrons. The van der Waals surface area contributed by atoms with Crippen LogP contribution in [0.3, 0.4) is 0 Å². The molecule has 0 spiro atoms. The van der Waals surface area contributed by atoms with Gasteiger partial charge in [0.05, 0.1) is 46.2 Å². The third-order valence-corrected chi connectivity index (χ3v) is 7.66. The van der Waals surface area contributed by atoms with Crippen molar-refractivity contribution in [2.75, 3.05) is 37.8 Å². The first kappa shape index (κ1) is 26.7. The Bertz CT molecular complexity index is 1360. The van der Waals surface area contributed by atoms with Crippen LogP contribution in [0.2, 0.25) is 0 Å². The van der Waals surface area contributed by atoms with E-state index in [0.717, 1.165) is 0 Å². The summed E-state index contributed by atoms with van der Waals surface area (Å²) in [4.78, 5) is 26.6. The van der Waals surface area contributed by atoms with Crippen molar-refractivity contribution in [1.82, 2.24) is 4.57 Å². The second-order valence-electron chi connectivity index (χ2n) is 10.1. The molecule has 2 aromatic carbocycles. The molecule has 0 aliphatic carbocycles. The maximum atomic E-state index is 15.1. The molecule has 192 valence electrons. The molecular formula is C27H29F2IN2O4. The standard InChI is InChI=1S/C27H29F2IN2O4/c1-27(2,3)22(15-34)32-13-18(14-33)26(35)19-11-16(4-5-20(19)32)10-17-12-21(24(29)25(30)23(17)28)31-6-8-36-9-7-31/h4-5,11-14,22,34H,6-10,15H2,1-3H3/t22-/m1/s1. The molecule has 0 amide bonds. The number of carbonyl (C=O) groups excluding carboxylic acids is 1. The number of nitrogens with zero attached hydrogens (tertiary/aromatic N) is 2. The molecule has 1 fully saturated rings. The molecule has 2 heterocycles. The number of halogens is 3. The minimum Gasteiger partial charge on any atom is -0.394 e. The van der Waals surface area contributed by atoms with Gasteiger partial charge < -0.3 is 19.3 Å². The summed E-state index contributed by atoms with van der Waals surface area (Å²) in [7, 11) is 0. The Hall–Kier alpha value is -2.37. The molecule has 1 N–H and O–H groups in total. The molecule has 0 saturated carbocycles. The molecule has 1 atom stereocenters. The zero-order chi connectivity index (χ0) is 26.2. The van der Waals surface area contributed by atoms with Crippen molar-refractivity contribution in [3.8, 4) is 0 Å². The number of ether oxygens (including phenoxy) is 1. The van der Waals surface area contributed by atoms with Gasteiger partial charge in [0, 0.05) is 31.1 Å². The molecule has 0 unspecified atom stereocenters. The van der Waals surface area contributed by atoms with E-state index in [1.54, 1.807) is 45.4 Å². The number of fused-ring (bicyclic) bond motifs is 1. The average Bonchev–Trinajstić information content (AvgIpc) is 2.86. The van der Waals surface area contributed by atoms with E-state index in [-0.39, 0.29) is 33.6 Å². The van der Waals surface area contributed by atoms with Crippen molar-refractivity contribution in [3.05, 3.63) is 72.6 Å². The van der Waals surface area contributed by atoms with E-state index in [0.29, 0.717) is 60.3 Å². The first-order valence-corrected chi connectivity index (χ1v) is 12.9. The van der Waals surface area contributed by atoms with Gasteiger partial charge in [-0.15, -0.1) is 0 Å². The molecule has 4 rings (SSSR count). The van der Waals surface area contributed by atoms with Crippen LogP contribution in [0.15, 0.2) is 35.3 Å². The number of benzene rings is 2. The minimum absolute atomic E-state index is 0.0144. The summed E-state index contributed by atoms with van der Waals surface area (Å²) in [5.41, 5.74) is 1.09. The molecule has 9 heteroatoms. The van der Waals surface area contributed by atoms with Gasteiger partial charge in [0.1, 0.15) is 5.82 Å². The highest BCUT2D eigenvalue weighted by atomic mass is 127. The number of aromatic nitrogens is 1. The third-order valence-electron chi connectivity index (χ3n) is 6.71. The summed E-state index contributed by atoms with van der Waals surface area (Å²) in [6.45, 7) is 7.71. The predicted molar refractivity (Wildman–Crippen MR) is 144 cm³/mol. The van der Waals surface area contributed by atoms with Crippen LogP contribution in [0.5, 0.6) is 0 Å². The fourth-order valence-electron chi connectivity index (χ4n) is 4.68. The maximum Gasteiger partial charge on any atom is 0.199 e. The highest BCUT2D eigenvalue weighted by Gasteiger charge is 2.27. The van der Waals surface area contributed by atoms with Gasteiger partial charge in [0.2, 0.25) is 0 Å². The molecule has 36 heavy (non-hydrogen) atoms. The molecule has 0 bridgehead atoms. The lowest BCUT2D eigenvalue weighted by molar-refractivity contribution is 0.111. The molecule has 1 aliphatic heterocycles. The van der Waals surface area contributed by atoms with E-state index < -0.39 is 17.1 Å². The number of aliphatic hydroxyl groups excluding tert-OH is 1. The predicted octanol–water partition coefficient (Wildman–Crippen LogP) is 4.70. The van der Waals surface area contributed by atoms with Crippen LogP contribution in [0.1, 0.15) is 48.3 Å². The summed E-state index contributed by atoms with van der Waals surface area (Å²) >= 11 is 1.69. The normalized spacial score (nSPS) is 15.4. The molecule has 6 nitrogen and oxygen atoms in total. The Labute approximate surface area is 222 Å². The third kappa shape index (κ3) is 5.05. The molecule has 1 aromatic heterocycles. The Morgan fingerprint density at radius 1 is 1.17 bits per heavy atom. The van der Waals surface area contributed by atoms with Crippen molar-refractivity contribution in [2.24, 2.45) is 5.41 Å². The number of carbonyl (C=O) groups is 1. The summed E-state index contributed by atoms with van der Waals surface area (Å²) < 4.78 is 37.1. The molecule has 1 saturated heterocycles. The Balaban J connectivity index is 1.82. The molecular weight excluding hydrogens is 581 g/mol. The van der Waals surface area contributed by atoms with Crippen molar-refractivity contribution in [3.63, 3.8) is 0 Å². The zero-order valence-electron chi connectivity index (χ0n) is 20.5. The van der Waals surface area contributed by atoms with Crippen molar-refractivity contribution < 1.29 is 23.4 Å². The number of rotatable bonds is 6. The number of pyridine rings is 1. The van der Waals surface area contributed by atoms with Gasteiger partial charge in [0.25, 0.3) is 0 Å². The van der Waals surface area contributed by atoms with Gasteiger partial charge in [-0.05, 0) is 57.3 Å². The topological polar surface area (TPSA) is 71.8 Å². The molecule has 1 aliphatic rings. The van der Waals surface area contributed by atoms with Crippen LogP contribution in [-0.4, -0.2) is 48.9 Å². The Morgan fingerprint density at radius 2 is 1.86 bits per heavy atom. The first-order chi connectivity index (χ1) is 17.1. The van der Waals surface area contributed by atoms with Crippen LogP contribution in [0.4, 0.5) is 14.5 Å². The van der Waals surface area contributed by atoms with E-state index in [4.69, 9.17) is 4.74 Å². The number of aldehydes is 1. The van der Waals surface area contributed by atoms with E-state index >= 15 is 4.39 Å². The summed E-state index contributed by atoms with van der Waals surface area (Å²) in [5.74, 6) is -1.22. The summed E-state index contributed by atoms with van der Waals surface area (Å²) in [5, 5.41) is 10.4. The van der Waals surface area contributed by atoms with Gasteiger partial charge >= 0.3 is 0 Å². The van der Waals surface area contributed by atoms with Crippen molar-refractivity contribution >= 4 is 45.5 Å². The van der Waals surface area contributed by atoms with Crippen molar-refractivity contribution in [1.29, 1.82) is 0 Å². The Kier molecular flexibility index (Phi) is 7.82. The smallest absolute Gasteiger partial charge is 0.199 e. The monoisotopic (exact) mass is 610 g/mol. The number of hydrogen-bond donors (Lipinski definition) is 1. The van der Waals surface area contributed by atoms with E-state index in [1.807, 2.05) is 25.7 Å². The van der Waals surface area contributed by atoms with Crippen LogP contribution < -0.4 is 10.3 Å². The fraction of sp³-hybridized carbons (Fsp3) is 0.407. The SMILES string of the molecule is CC(C)(C)[C@@H](CO)n1cc(C=O)c(=O)c2cc(Cc3cc(N4CCOCC4)c(F)c(I)c3F)ccc21. The van der Waals surface area contributed by atoms with Crippen LogP contribution in [0, 0.1) is 20.6 Å². The first-order valence-electron chi connectivity index (χ1n) is 11.8. The largest absolute Gasteiger partial charge is 0.394 e. The zero-order valence-corrected chi connectivity index (χ0v) is 22.6. The van der Waals surface area contributed by atoms with E-state index in [9.17, 15) is 19.1 Å². The number of morpholine rings is 1. The van der Waals surface area contributed by atoms with Gasteiger partial charge in [-0.2, -0.15) is 0 Å². The highest BCUT2D eigenvalue weighted by Crippen LogP contribution is 2.34. The van der Waals surface area contributed by atoms with Crippen LogP contribution in [0.25, 0.3) is 10.9 Å². The second kappa shape index (κ2) is 10.5. The molecule has 3 aromatic rings. The minimum atomic E-state index is -0.627. The summed E-state index contributed by atoms with van der Waals surface area (Å²) in [6.07, 6.45) is 2.14.